The molecule has 1 heterocycles. The first-order chi connectivity index (χ1) is 14.0. The van der Waals surface area contributed by atoms with E-state index in [1.807, 2.05) is 6.07 Å². The first-order valence-electron chi connectivity index (χ1n) is 8.43. The molecule has 1 atom stereocenters. The van der Waals surface area contributed by atoms with Crippen LogP contribution in [-0.4, -0.2) is 9.19 Å². The Morgan fingerprint density at radius 3 is 2.31 bits per heavy atom. The lowest BCUT2D eigenvalue weighted by molar-refractivity contribution is 0.622. The van der Waals surface area contributed by atoms with Crippen molar-refractivity contribution in [1.82, 2.24) is 4.98 Å². The zero-order chi connectivity index (χ0) is 20.5. The molecule has 0 saturated carbocycles. The van der Waals surface area contributed by atoms with Crippen LogP contribution < -0.4 is 0 Å². The Labute approximate surface area is 166 Å². The minimum Gasteiger partial charge on any atom is -0.255 e. The van der Waals surface area contributed by atoms with E-state index in [1.54, 1.807) is 0 Å². The summed E-state index contributed by atoms with van der Waals surface area (Å²) in [5.41, 5.74) is 1.39. The number of benzene rings is 3. The molecule has 4 rings (SSSR count). The average Bonchev–Trinajstić information content (AvgIpc) is 2.72. The second kappa shape index (κ2) is 7.49. The van der Waals surface area contributed by atoms with E-state index in [1.165, 1.54) is 54.7 Å². The van der Waals surface area contributed by atoms with Gasteiger partial charge in [-0.1, -0.05) is 12.1 Å². The molecule has 0 spiro atoms. The average molecular weight is 408 g/mol. The molecule has 1 unspecified atom stereocenters. The van der Waals surface area contributed by atoms with E-state index in [0.717, 1.165) is 12.1 Å². The van der Waals surface area contributed by atoms with Gasteiger partial charge in [-0.15, -0.1) is 0 Å². The van der Waals surface area contributed by atoms with Gasteiger partial charge in [-0.3, -0.25) is 4.98 Å². The standard InChI is InChI=1S/C22H11F3N2OS/c23-15-3-1-14(2-4-15)22-19-6-5-16(24)10-20(19)27-12-21(22)29(28)18-8-13(11-26)7-17(25)9-18/h1-10,12H. The lowest BCUT2D eigenvalue weighted by atomic mass is 10.0. The first-order valence-corrected chi connectivity index (χ1v) is 9.58. The van der Waals surface area contributed by atoms with Crippen molar-refractivity contribution in [2.45, 2.75) is 9.79 Å². The van der Waals surface area contributed by atoms with Gasteiger partial charge in [0.05, 0.1) is 32.8 Å². The summed E-state index contributed by atoms with van der Waals surface area (Å²) >= 11 is 0. The van der Waals surface area contributed by atoms with Crippen molar-refractivity contribution in [3.05, 3.63) is 89.9 Å². The SMILES string of the molecule is N#Cc1cc(F)cc(S(=O)c2cnc3cc(F)ccc3c2-c2ccc(F)cc2)c1. The topological polar surface area (TPSA) is 53.8 Å². The van der Waals surface area contributed by atoms with E-state index in [-0.39, 0.29) is 15.4 Å². The van der Waals surface area contributed by atoms with Gasteiger partial charge in [-0.2, -0.15) is 5.26 Å². The number of aromatic nitrogens is 1. The summed E-state index contributed by atoms with van der Waals surface area (Å²) < 4.78 is 54.2. The van der Waals surface area contributed by atoms with Gasteiger partial charge in [0.2, 0.25) is 0 Å². The highest BCUT2D eigenvalue weighted by molar-refractivity contribution is 7.85. The molecular weight excluding hydrogens is 397 g/mol. The van der Waals surface area contributed by atoms with Crippen LogP contribution in [0.15, 0.2) is 76.7 Å². The third kappa shape index (κ3) is 3.62. The number of nitriles is 1. The van der Waals surface area contributed by atoms with Crippen LogP contribution in [0.5, 0.6) is 0 Å². The van der Waals surface area contributed by atoms with Gasteiger partial charge in [0.25, 0.3) is 0 Å². The van der Waals surface area contributed by atoms with E-state index in [9.17, 15) is 17.4 Å². The molecule has 0 amide bonds. The Kier molecular flexibility index (Phi) is 4.87. The summed E-state index contributed by atoms with van der Waals surface area (Å²) in [6, 6.07) is 14.8. The van der Waals surface area contributed by atoms with E-state index in [2.05, 4.69) is 4.98 Å². The Balaban J connectivity index is 1.99. The fraction of sp³-hybridized carbons (Fsp3) is 0. The molecule has 0 saturated heterocycles. The van der Waals surface area contributed by atoms with Crippen LogP contribution in [0.3, 0.4) is 0 Å². The van der Waals surface area contributed by atoms with Crippen molar-refractivity contribution in [2.24, 2.45) is 0 Å². The number of halogens is 3. The normalized spacial score (nSPS) is 11.9. The van der Waals surface area contributed by atoms with Crippen molar-refractivity contribution in [3.63, 3.8) is 0 Å². The van der Waals surface area contributed by atoms with Crippen LogP contribution in [0.4, 0.5) is 13.2 Å². The van der Waals surface area contributed by atoms with E-state index >= 15 is 0 Å². The number of fused-ring (bicyclic) bond motifs is 1. The monoisotopic (exact) mass is 408 g/mol. The van der Waals surface area contributed by atoms with Crippen LogP contribution in [-0.2, 0) is 10.8 Å². The minimum absolute atomic E-state index is 0.0347. The molecule has 4 aromatic rings. The maximum atomic E-state index is 13.9. The minimum atomic E-state index is -1.89. The number of rotatable bonds is 3. The summed E-state index contributed by atoms with van der Waals surface area (Å²) in [6.07, 6.45) is 1.33. The summed E-state index contributed by atoms with van der Waals surface area (Å²) in [6.45, 7) is 0. The van der Waals surface area contributed by atoms with Crippen LogP contribution in [0.2, 0.25) is 0 Å². The summed E-state index contributed by atoms with van der Waals surface area (Å²) in [5.74, 6) is -1.61. The number of pyridine rings is 1. The van der Waals surface area contributed by atoms with Gasteiger partial charge < -0.3 is 0 Å². The van der Waals surface area contributed by atoms with E-state index in [0.29, 0.717) is 22.0 Å². The highest BCUT2D eigenvalue weighted by Crippen LogP contribution is 2.35. The molecule has 7 heteroatoms. The van der Waals surface area contributed by atoms with Gasteiger partial charge >= 0.3 is 0 Å². The molecule has 0 radical (unpaired) electrons. The Morgan fingerprint density at radius 1 is 0.862 bits per heavy atom. The van der Waals surface area contributed by atoms with Crippen LogP contribution in [0.1, 0.15) is 5.56 Å². The molecule has 3 aromatic carbocycles. The molecule has 0 aliphatic heterocycles. The predicted molar refractivity (Wildman–Crippen MR) is 103 cm³/mol. The summed E-state index contributed by atoms with van der Waals surface area (Å²) in [5, 5.41) is 9.58. The molecule has 0 aliphatic carbocycles. The van der Waals surface area contributed by atoms with E-state index in [4.69, 9.17) is 5.26 Å². The number of nitrogens with zero attached hydrogens (tertiary/aromatic N) is 2. The van der Waals surface area contributed by atoms with Crippen LogP contribution in [0.25, 0.3) is 22.0 Å². The molecule has 0 fully saturated rings. The quantitative estimate of drug-likeness (QED) is 0.459. The smallest absolute Gasteiger partial charge is 0.125 e. The molecular formula is C22H11F3N2OS. The van der Waals surface area contributed by atoms with Gasteiger partial charge in [0.15, 0.2) is 0 Å². The molecule has 0 N–H and O–H groups in total. The Morgan fingerprint density at radius 2 is 1.59 bits per heavy atom. The lowest BCUT2D eigenvalue weighted by Crippen LogP contribution is -2.00. The molecule has 0 aliphatic rings. The Bertz CT molecular complexity index is 1310. The van der Waals surface area contributed by atoms with Crippen molar-refractivity contribution < 1.29 is 17.4 Å². The zero-order valence-electron chi connectivity index (χ0n) is 14.7. The largest absolute Gasteiger partial charge is 0.255 e. The first kappa shape index (κ1) is 18.8. The van der Waals surface area contributed by atoms with E-state index < -0.39 is 28.3 Å². The van der Waals surface area contributed by atoms with Crippen molar-refractivity contribution in [2.75, 3.05) is 0 Å². The van der Waals surface area contributed by atoms with Gasteiger partial charge in [-0.25, -0.2) is 17.4 Å². The highest BCUT2D eigenvalue weighted by atomic mass is 32.2. The zero-order valence-corrected chi connectivity index (χ0v) is 15.5. The lowest BCUT2D eigenvalue weighted by Gasteiger charge is -2.13. The molecule has 1 aromatic heterocycles. The van der Waals surface area contributed by atoms with Crippen LogP contribution >= 0.6 is 0 Å². The van der Waals surface area contributed by atoms with Gasteiger partial charge in [0, 0.05) is 28.1 Å². The van der Waals surface area contributed by atoms with Crippen molar-refractivity contribution >= 4 is 21.7 Å². The van der Waals surface area contributed by atoms with Crippen molar-refractivity contribution in [1.29, 1.82) is 5.26 Å². The second-order valence-corrected chi connectivity index (χ2v) is 7.67. The van der Waals surface area contributed by atoms with Gasteiger partial charge in [-0.05, 0) is 48.0 Å². The number of hydrogen-bond acceptors (Lipinski definition) is 3. The maximum absolute atomic E-state index is 13.9. The van der Waals surface area contributed by atoms with Gasteiger partial charge in [0.1, 0.15) is 17.5 Å². The molecule has 0 bridgehead atoms. The van der Waals surface area contributed by atoms with Crippen molar-refractivity contribution in [3.8, 4) is 17.2 Å². The van der Waals surface area contributed by atoms with Crippen LogP contribution in [0, 0.1) is 28.8 Å². The second-order valence-electron chi connectivity index (χ2n) is 6.22. The fourth-order valence-electron chi connectivity index (χ4n) is 3.06. The maximum Gasteiger partial charge on any atom is 0.125 e. The number of hydrogen-bond donors (Lipinski definition) is 0. The third-order valence-corrected chi connectivity index (χ3v) is 5.72. The molecule has 142 valence electrons. The molecule has 3 nitrogen and oxygen atoms in total. The fourth-order valence-corrected chi connectivity index (χ4v) is 4.33. The summed E-state index contributed by atoms with van der Waals surface area (Å²) in [4.78, 5) is 4.52. The predicted octanol–water partition coefficient (Wildman–Crippen LogP) is 5.36. The molecule has 29 heavy (non-hydrogen) atoms. The third-order valence-electron chi connectivity index (χ3n) is 4.34. The highest BCUT2D eigenvalue weighted by Gasteiger charge is 2.19. The summed E-state index contributed by atoms with van der Waals surface area (Å²) in [7, 11) is -1.89. The Hall–Kier alpha value is -3.50.